The van der Waals surface area contributed by atoms with Crippen molar-refractivity contribution in [2.45, 2.75) is 61.8 Å². The monoisotopic (exact) mass is 184 g/mol. The van der Waals surface area contributed by atoms with E-state index < -0.39 is 0 Å². The van der Waals surface area contributed by atoms with Gasteiger partial charge in [-0.15, -0.1) is 0 Å². The third-order valence-corrected chi connectivity index (χ3v) is 4.30. The van der Waals surface area contributed by atoms with Crippen LogP contribution in [0.5, 0.6) is 0 Å². The molecule has 0 aliphatic heterocycles. The summed E-state index contributed by atoms with van der Waals surface area (Å²) < 4.78 is 0. The highest BCUT2D eigenvalue weighted by atomic mass is 14.4. The summed E-state index contributed by atoms with van der Waals surface area (Å²) in [4.78, 5) is 0. The molecular weight excluding hydrogens is 156 g/mol. The molecule has 0 heterocycles. The lowest BCUT2D eigenvalue weighted by molar-refractivity contribution is 0.0507. The second-order valence-corrected chi connectivity index (χ2v) is 6.22. The Kier molecular flexibility index (Phi) is 4.02. The average molecular weight is 184 g/mol. The minimum Gasteiger partial charge on any atom is -0.0651 e. The fraction of sp³-hybridized carbons (Fsp3) is 1.00. The van der Waals surface area contributed by atoms with Crippen LogP contribution >= 0.6 is 0 Å². The maximum Gasteiger partial charge on any atom is -0.0298 e. The quantitative estimate of drug-likeness (QED) is 0.594. The second kappa shape index (κ2) is 4.02. The van der Waals surface area contributed by atoms with Crippen LogP contribution in [0.15, 0.2) is 0 Å². The first kappa shape index (κ1) is 13.0. The lowest BCUT2D eigenvalue weighted by Gasteiger charge is -2.44. The molecule has 0 spiro atoms. The molecule has 0 N–H and O–H groups in total. The van der Waals surface area contributed by atoms with Crippen molar-refractivity contribution in [2.24, 2.45) is 22.7 Å². The predicted octanol–water partition coefficient (Wildman–Crippen LogP) is 4.74. The minimum atomic E-state index is 0.424. The van der Waals surface area contributed by atoms with Gasteiger partial charge in [-0.3, -0.25) is 0 Å². The molecule has 0 aromatic carbocycles. The van der Waals surface area contributed by atoms with Crippen LogP contribution in [0.4, 0.5) is 0 Å². The highest BCUT2D eigenvalue weighted by molar-refractivity contribution is 4.86. The number of rotatable bonds is 3. The molecule has 0 aliphatic carbocycles. The van der Waals surface area contributed by atoms with E-state index in [9.17, 15) is 0 Å². The van der Waals surface area contributed by atoms with Crippen LogP contribution in [0.3, 0.4) is 0 Å². The Balaban J connectivity index is 4.63. The molecule has 0 nitrogen and oxygen atoms in total. The van der Waals surface area contributed by atoms with E-state index >= 15 is 0 Å². The smallest absolute Gasteiger partial charge is 0.0298 e. The van der Waals surface area contributed by atoms with E-state index in [0.29, 0.717) is 10.8 Å². The van der Waals surface area contributed by atoms with Gasteiger partial charge >= 0.3 is 0 Å². The summed E-state index contributed by atoms with van der Waals surface area (Å²) in [5.74, 6) is 1.57. The lowest BCUT2D eigenvalue weighted by atomic mass is 9.61. The molecule has 80 valence electrons. The maximum absolute atomic E-state index is 2.41. The Hall–Kier alpha value is 0. The van der Waals surface area contributed by atoms with Crippen LogP contribution in [0.2, 0.25) is 0 Å². The number of hydrogen-bond donors (Lipinski definition) is 0. The van der Waals surface area contributed by atoms with Gasteiger partial charge in [0, 0.05) is 0 Å². The Morgan fingerprint density at radius 2 is 1.31 bits per heavy atom. The minimum absolute atomic E-state index is 0.424. The Labute approximate surface area is 85.1 Å². The second-order valence-electron chi connectivity index (χ2n) is 6.22. The fourth-order valence-corrected chi connectivity index (χ4v) is 2.07. The van der Waals surface area contributed by atoms with Crippen molar-refractivity contribution in [1.82, 2.24) is 0 Å². The predicted molar refractivity (Wildman–Crippen MR) is 61.9 cm³/mol. The van der Waals surface area contributed by atoms with E-state index in [0.717, 1.165) is 11.8 Å². The Morgan fingerprint density at radius 3 is 1.54 bits per heavy atom. The topological polar surface area (TPSA) is 0 Å². The standard InChI is InChI=1S/C13H28/c1-9-10(2)13(7,8)11(3)12(4,5)6/h10-11H,9H2,1-8H3. The van der Waals surface area contributed by atoms with Gasteiger partial charge in [0.2, 0.25) is 0 Å². The summed E-state index contributed by atoms with van der Waals surface area (Å²) in [6, 6.07) is 0. The molecule has 13 heavy (non-hydrogen) atoms. The van der Waals surface area contributed by atoms with Gasteiger partial charge in [0.15, 0.2) is 0 Å². The molecule has 0 saturated heterocycles. The van der Waals surface area contributed by atoms with Crippen LogP contribution < -0.4 is 0 Å². The van der Waals surface area contributed by atoms with Gasteiger partial charge in [-0.05, 0) is 22.7 Å². The van der Waals surface area contributed by atoms with Crippen molar-refractivity contribution in [3.8, 4) is 0 Å². The molecule has 0 aromatic heterocycles. The zero-order valence-electron chi connectivity index (χ0n) is 10.9. The highest BCUT2D eigenvalue weighted by Crippen LogP contribution is 2.45. The summed E-state index contributed by atoms with van der Waals surface area (Å²) in [5.41, 5.74) is 0.875. The molecule has 0 aromatic rings. The van der Waals surface area contributed by atoms with Crippen molar-refractivity contribution in [1.29, 1.82) is 0 Å². The molecule has 0 aliphatic rings. The summed E-state index contributed by atoms with van der Waals surface area (Å²) in [6.07, 6.45) is 1.29. The van der Waals surface area contributed by atoms with Crippen molar-refractivity contribution >= 4 is 0 Å². The Bertz CT molecular complexity index is 148. The van der Waals surface area contributed by atoms with Crippen molar-refractivity contribution < 1.29 is 0 Å². The van der Waals surface area contributed by atoms with Crippen LogP contribution in [0.25, 0.3) is 0 Å². The maximum atomic E-state index is 2.41. The van der Waals surface area contributed by atoms with Gasteiger partial charge in [-0.1, -0.05) is 61.8 Å². The summed E-state index contributed by atoms with van der Waals surface area (Å²) in [7, 11) is 0. The highest BCUT2D eigenvalue weighted by Gasteiger charge is 2.37. The molecule has 0 heteroatoms. The largest absolute Gasteiger partial charge is 0.0651 e. The zero-order chi connectivity index (χ0) is 10.9. The van der Waals surface area contributed by atoms with Gasteiger partial charge < -0.3 is 0 Å². The lowest BCUT2D eigenvalue weighted by Crippen LogP contribution is -2.36. The van der Waals surface area contributed by atoms with Crippen LogP contribution in [0, 0.1) is 22.7 Å². The third-order valence-electron chi connectivity index (χ3n) is 4.30. The van der Waals surface area contributed by atoms with Crippen LogP contribution in [-0.2, 0) is 0 Å². The molecule has 0 saturated carbocycles. The first-order valence-corrected chi connectivity index (χ1v) is 5.64. The van der Waals surface area contributed by atoms with E-state index in [-0.39, 0.29) is 0 Å². The Morgan fingerprint density at radius 1 is 0.923 bits per heavy atom. The SMILES string of the molecule is CCC(C)C(C)(C)C(C)C(C)(C)C. The molecule has 0 amide bonds. The first-order valence-electron chi connectivity index (χ1n) is 5.64. The zero-order valence-corrected chi connectivity index (χ0v) is 10.9. The van der Waals surface area contributed by atoms with Crippen LogP contribution in [0.1, 0.15) is 61.8 Å². The average Bonchev–Trinajstić information content (AvgIpc) is 1.99. The van der Waals surface area contributed by atoms with E-state index in [1.807, 2.05) is 0 Å². The molecule has 2 unspecified atom stereocenters. The molecule has 0 rings (SSSR count). The molecule has 0 fully saturated rings. The van der Waals surface area contributed by atoms with Crippen molar-refractivity contribution in [3.63, 3.8) is 0 Å². The van der Waals surface area contributed by atoms with E-state index in [4.69, 9.17) is 0 Å². The third kappa shape index (κ3) is 3.00. The van der Waals surface area contributed by atoms with E-state index in [1.165, 1.54) is 6.42 Å². The molecule has 0 radical (unpaired) electrons. The van der Waals surface area contributed by atoms with Crippen LogP contribution in [-0.4, -0.2) is 0 Å². The first-order chi connectivity index (χ1) is 5.64. The molecule has 2 atom stereocenters. The number of hydrogen-bond acceptors (Lipinski definition) is 0. The molecule has 0 bridgehead atoms. The van der Waals surface area contributed by atoms with Crippen molar-refractivity contribution in [3.05, 3.63) is 0 Å². The summed E-state index contributed by atoms with van der Waals surface area (Å²) in [5, 5.41) is 0. The summed E-state index contributed by atoms with van der Waals surface area (Å²) >= 11 is 0. The summed E-state index contributed by atoms with van der Waals surface area (Å²) in [6.45, 7) is 18.9. The van der Waals surface area contributed by atoms with Gasteiger partial charge in [-0.2, -0.15) is 0 Å². The van der Waals surface area contributed by atoms with Gasteiger partial charge in [-0.25, -0.2) is 0 Å². The normalized spacial score (nSPS) is 18.5. The van der Waals surface area contributed by atoms with Gasteiger partial charge in [0.05, 0.1) is 0 Å². The molecular formula is C13H28. The van der Waals surface area contributed by atoms with Gasteiger partial charge in [0.25, 0.3) is 0 Å². The fourth-order valence-electron chi connectivity index (χ4n) is 2.07. The van der Waals surface area contributed by atoms with E-state index in [2.05, 4.69) is 55.4 Å². The van der Waals surface area contributed by atoms with Crippen molar-refractivity contribution in [2.75, 3.05) is 0 Å². The van der Waals surface area contributed by atoms with E-state index in [1.54, 1.807) is 0 Å². The van der Waals surface area contributed by atoms with Gasteiger partial charge in [0.1, 0.15) is 0 Å².